The molecule has 0 unspecified atom stereocenters. The number of phenolic OH excluding ortho intramolecular Hbond substituents is 1. The number of nitrogens with zero attached hydrogens (tertiary/aromatic N) is 1. The van der Waals surface area contributed by atoms with Crippen molar-refractivity contribution in [2.24, 2.45) is 0 Å². The lowest BCUT2D eigenvalue weighted by atomic mass is 10.1. The molecule has 2 aromatic heterocycles. The van der Waals surface area contributed by atoms with Crippen molar-refractivity contribution in [3.8, 4) is 16.2 Å². The fourth-order valence-electron chi connectivity index (χ4n) is 3.83. The van der Waals surface area contributed by atoms with Gasteiger partial charge in [0.1, 0.15) is 4.90 Å². The summed E-state index contributed by atoms with van der Waals surface area (Å²) in [6.45, 7) is 0. The Morgan fingerprint density at radius 1 is 1.08 bits per heavy atom. The van der Waals surface area contributed by atoms with E-state index in [4.69, 9.17) is 9.25 Å². The van der Waals surface area contributed by atoms with Gasteiger partial charge in [-0.05, 0) is 37.5 Å². The number of halogens is 2. The largest absolute Gasteiger partial charge is 0.503 e. The fraction of sp³-hybridized carbons (Fsp3) is 0.304. The summed E-state index contributed by atoms with van der Waals surface area (Å²) in [6, 6.07) is 2.87. The van der Waals surface area contributed by atoms with Crippen molar-refractivity contribution in [1.82, 2.24) is 5.06 Å². The molecule has 1 aliphatic rings. The van der Waals surface area contributed by atoms with Crippen LogP contribution < -0.4 is 5.63 Å². The Bertz CT molecular complexity index is 1610. The van der Waals surface area contributed by atoms with E-state index in [1.807, 2.05) is 0 Å². The number of unbranched alkanes of at least 4 members (excludes halogenated alkanes) is 2. The molecule has 38 heavy (non-hydrogen) atoms. The van der Waals surface area contributed by atoms with E-state index in [9.17, 15) is 46.0 Å². The first-order valence-corrected chi connectivity index (χ1v) is 13.4. The van der Waals surface area contributed by atoms with Crippen molar-refractivity contribution in [2.45, 2.75) is 49.8 Å². The molecule has 0 aliphatic carbocycles. The molecule has 0 spiro atoms. The molecule has 3 aromatic rings. The zero-order chi connectivity index (χ0) is 27.8. The van der Waals surface area contributed by atoms with E-state index >= 15 is 0 Å². The molecule has 0 radical (unpaired) electrons. The number of fused-ring (bicyclic) bond motifs is 1. The third-order valence-corrected chi connectivity index (χ3v) is 7.97. The number of thiophene rings is 1. The molecule has 2 N–H and O–H groups in total. The Morgan fingerprint density at radius 2 is 1.76 bits per heavy atom. The van der Waals surface area contributed by atoms with Crippen molar-refractivity contribution in [2.75, 3.05) is 0 Å². The summed E-state index contributed by atoms with van der Waals surface area (Å²) in [5.74, 6) is -6.02. The molecule has 1 fully saturated rings. The Kier molecular flexibility index (Phi) is 7.62. The number of aromatic hydroxyl groups is 1. The zero-order valence-electron chi connectivity index (χ0n) is 19.4. The van der Waals surface area contributed by atoms with Crippen LogP contribution in [0.25, 0.3) is 21.4 Å². The van der Waals surface area contributed by atoms with Crippen LogP contribution in [0, 0.1) is 11.6 Å². The summed E-state index contributed by atoms with van der Waals surface area (Å²) in [5, 5.41) is 9.64. The van der Waals surface area contributed by atoms with Crippen molar-refractivity contribution in [3.05, 3.63) is 45.1 Å². The summed E-state index contributed by atoms with van der Waals surface area (Å²) in [6.07, 6.45) is 1.06. The van der Waals surface area contributed by atoms with Gasteiger partial charge in [0.05, 0.1) is 5.56 Å². The van der Waals surface area contributed by atoms with Gasteiger partial charge in [-0.1, -0.05) is 6.42 Å². The molecule has 1 aromatic carbocycles. The maximum absolute atomic E-state index is 14.1. The summed E-state index contributed by atoms with van der Waals surface area (Å²) in [4.78, 5) is 51.9. The number of phenols is 1. The highest BCUT2D eigenvalue weighted by Gasteiger charge is 2.32. The van der Waals surface area contributed by atoms with Gasteiger partial charge in [-0.2, -0.15) is 12.8 Å². The van der Waals surface area contributed by atoms with Crippen molar-refractivity contribution in [3.63, 3.8) is 0 Å². The SMILES string of the molecule is O=C(CCCCCc1sc(-c2cc3cc(F)c(O)c(F)c3oc2=O)cc1S(=O)(=O)O)ON1C(=O)CCC1=O. The number of hydrogen-bond donors (Lipinski definition) is 2. The molecule has 1 aliphatic heterocycles. The molecule has 3 heterocycles. The topological polar surface area (TPSA) is 168 Å². The summed E-state index contributed by atoms with van der Waals surface area (Å²) < 4.78 is 66.3. The van der Waals surface area contributed by atoms with Gasteiger partial charge >= 0.3 is 11.6 Å². The predicted molar refractivity (Wildman–Crippen MR) is 127 cm³/mol. The van der Waals surface area contributed by atoms with Crippen molar-refractivity contribution < 1.29 is 50.5 Å². The first kappa shape index (κ1) is 27.3. The number of hydroxylamine groups is 2. The average molecular weight is 572 g/mol. The quantitative estimate of drug-likeness (QED) is 0.168. The Hall–Kier alpha value is -3.69. The van der Waals surface area contributed by atoms with Crippen LogP contribution in [0.4, 0.5) is 8.78 Å². The van der Waals surface area contributed by atoms with Gasteiger partial charge in [0.15, 0.2) is 17.1 Å². The lowest BCUT2D eigenvalue weighted by molar-refractivity contribution is -0.197. The molecular weight excluding hydrogens is 552 g/mol. The van der Waals surface area contributed by atoms with E-state index in [0.29, 0.717) is 24.3 Å². The number of rotatable bonds is 9. The van der Waals surface area contributed by atoms with E-state index in [1.54, 1.807) is 0 Å². The van der Waals surface area contributed by atoms with Gasteiger partial charge < -0.3 is 14.4 Å². The van der Waals surface area contributed by atoms with Crippen LogP contribution >= 0.6 is 11.3 Å². The van der Waals surface area contributed by atoms with Crippen LogP contribution in [0.15, 0.2) is 32.3 Å². The molecule has 0 atom stereocenters. The molecular formula is C23H19F2NO10S2. The third kappa shape index (κ3) is 5.58. The zero-order valence-corrected chi connectivity index (χ0v) is 21.0. The Balaban J connectivity index is 1.47. The minimum atomic E-state index is -4.69. The highest BCUT2D eigenvalue weighted by atomic mass is 32.2. The molecule has 4 rings (SSSR count). The smallest absolute Gasteiger partial charge is 0.345 e. The number of aryl methyl sites for hydroxylation is 1. The van der Waals surface area contributed by atoms with Gasteiger partial charge in [0.25, 0.3) is 21.9 Å². The van der Waals surface area contributed by atoms with Crippen molar-refractivity contribution >= 4 is 50.2 Å². The second-order valence-electron chi connectivity index (χ2n) is 8.37. The molecule has 202 valence electrons. The molecule has 0 saturated carbocycles. The third-order valence-electron chi connectivity index (χ3n) is 5.69. The van der Waals surface area contributed by atoms with E-state index in [1.165, 1.54) is 0 Å². The van der Waals surface area contributed by atoms with Crippen LogP contribution in [0.5, 0.6) is 5.75 Å². The summed E-state index contributed by atoms with van der Waals surface area (Å²) >= 11 is 0.851. The first-order valence-electron chi connectivity index (χ1n) is 11.2. The molecule has 1 saturated heterocycles. The number of carbonyl (C=O) groups is 3. The number of hydrogen-bond acceptors (Lipinski definition) is 10. The summed E-state index contributed by atoms with van der Waals surface area (Å²) in [5.41, 5.74) is -1.97. The monoisotopic (exact) mass is 571 g/mol. The highest BCUT2D eigenvalue weighted by Crippen LogP contribution is 2.36. The van der Waals surface area contributed by atoms with Crippen LogP contribution in [-0.4, -0.2) is 40.9 Å². The number of imide groups is 1. The van der Waals surface area contributed by atoms with Crippen LogP contribution in [0.1, 0.15) is 43.4 Å². The first-order chi connectivity index (χ1) is 17.9. The van der Waals surface area contributed by atoms with E-state index in [2.05, 4.69) is 0 Å². The molecule has 15 heteroatoms. The highest BCUT2D eigenvalue weighted by molar-refractivity contribution is 7.86. The Morgan fingerprint density at radius 3 is 2.42 bits per heavy atom. The van der Waals surface area contributed by atoms with Gasteiger partial charge in [-0.15, -0.1) is 16.4 Å². The van der Waals surface area contributed by atoms with Crippen LogP contribution in [-0.2, 0) is 35.8 Å². The maximum Gasteiger partial charge on any atom is 0.345 e. The van der Waals surface area contributed by atoms with Gasteiger partial charge in [-0.3, -0.25) is 14.1 Å². The van der Waals surface area contributed by atoms with Gasteiger partial charge in [0.2, 0.25) is 5.82 Å². The number of amides is 2. The maximum atomic E-state index is 14.1. The lowest BCUT2D eigenvalue weighted by Gasteiger charge is -2.12. The normalized spacial score (nSPS) is 14.0. The van der Waals surface area contributed by atoms with E-state index in [0.717, 1.165) is 29.5 Å². The minimum Gasteiger partial charge on any atom is -0.503 e. The predicted octanol–water partition coefficient (Wildman–Crippen LogP) is 3.46. The van der Waals surface area contributed by atoms with Crippen molar-refractivity contribution in [1.29, 1.82) is 0 Å². The second-order valence-corrected chi connectivity index (χ2v) is 10.9. The number of carbonyl (C=O) groups excluding carboxylic acids is 3. The lowest BCUT2D eigenvalue weighted by Crippen LogP contribution is -2.31. The van der Waals surface area contributed by atoms with E-state index < -0.39 is 61.4 Å². The fourth-order valence-corrected chi connectivity index (χ4v) is 6.10. The molecule has 2 amide bonds. The van der Waals surface area contributed by atoms with Crippen LogP contribution in [0.2, 0.25) is 0 Å². The van der Waals surface area contributed by atoms with Gasteiger partial charge in [-0.25, -0.2) is 14.0 Å². The summed E-state index contributed by atoms with van der Waals surface area (Å²) in [7, 11) is -4.69. The van der Waals surface area contributed by atoms with Crippen LogP contribution in [0.3, 0.4) is 0 Å². The average Bonchev–Trinajstić information content (AvgIpc) is 3.41. The second kappa shape index (κ2) is 10.6. The minimum absolute atomic E-state index is 0.0243. The molecule has 11 nitrogen and oxygen atoms in total. The standard InChI is InChI=1S/C23H19F2NO10S2/c24-13-9-11-8-12(23(31)35-22(11)20(25)21(13)30)15-10-16(38(32,33)34)14(37-15)4-2-1-3-5-19(29)36-26-17(27)6-7-18(26)28/h8-10,30H,1-7H2,(H,32,33,34). The molecule has 0 bridgehead atoms. The van der Waals surface area contributed by atoms with E-state index in [-0.39, 0.29) is 46.4 Å². The van der Waals surface area contributed by atoms with Gasteiger partial charge in [0, 0.05) is 34.4 Å². The Labute approximate surface area is 216 Å². The number of benzene rings is 1.